The normalized spacial score (nSPS) is 15.8. The largest absolute Gasteiger partial charge is 0.461 e. The van der Waals surface area contributed by atoms with Crippen molar-refractivity contribution >= 4 is 28.3 Å². The van der Waals surface area contributed by atoms with Gasteiger partial charge in [-0.25, -0.2) is 9.78 Å². The fraction of sp³-hybridized carbons (Fsp3) is 0.556. The molecule has 26 heavy (non-hydrogen) atoms. The summed E-state index contributed by atoms with van der Waals surface area (Å²) in [7, 11) is 0. The lowest BCUT2D eigenvalue weighted by Crippen LogP contribution is -2.32. The van der Waals surface area contributed by atoms with Crippen molar-refractivity contribution in [3.8, 4) is 0 Å². The van der Waals surface area contributed by atoms with Gasteiger partial charge < -0.3 is 10.1 Å². The molecule has 0 amide bonds. The first-order chi connectivity index (χ1) is 12.5. The number of nitrogens with one attached hydrogen (secondary N) is 1. The molecule has 2 aromatic heterocycles. The average molecular weight is 375 g/mol. The topological polar surface area (TPSA) is 80.2 Å². The first-order valence-electron chi connectivity index (χ1n) is 9.01. The Morgan fingerprint density at radius 3 is 2.77 bits per heavy atom. The van der Waals surface area contributed by atoms with Gasteiger partial charge >= 0.3 is 5.97 Å². The minimum Gasteiger partial charge on any atom is -0.461 e. The Hall–Kier alpha value is -2.06. The molecule has 0 saturated carbocycles. The van der Waals surface area contributed by atoms with Crippen LogP contribution >= 0.6 is 11.3 Å². The summed E-state index contributed by atoms with van der Waals surface area (Å²) in [4.78, 5) is 20.0. The Kier molecular flexibility index (Phi) is 6.16. The van der Waals surface area contributed by atoms with E-state index in [0.717, 1.165) is 36.4 Å². The van der Waals surface area contributed by atoms with E-state index in [0.29, 0.717) is 12.4 Å². The van der Waals surface area contributed by atoms with Gasteiger partial charge in [0, 0.05) is 11.4 Å². The van der Waals surface area contributed by atoms with E-state index < -0.39 is 5.97 Å². The van der Waals surface area contributed by atoms with Crippen molar-refractivity contribution in [3.05, 3.63) is 28.4 Å². The second kappa shape index (κ2) is 8.55. The van der Waals surface area contributed by atoms with Crippen LogP contribution in [-0.2, 0) is 11.3 Å². The highest BCUT2D eigenvalue weighted by Crippen LogP contribution is 2.27. The van der Waals surface area contributed by atoms with Gasteiger partial charge in [0.2, 0.25) is 0 Å². The molecule has 3 rings (SSSR count). The van der Waals surface area contributed by atoms with Gasteiger partial charge in [0.15, 0.2) is 16.6 Å². The zero-order chi connectivity index (χ0) is 18.5. The highest BCUT2D eigenvalue weighted by atomic mass is 32.1. The molecule has 1 fully saturated rings. The molecular formula is C18H25N5O2S. The van der Waals surface area contributed by atoms with Crippen molar-refractivity contribution in [2.75, 3.05) is 25.0 Å². The molecular weight excluding hydrogens is 350 g/mol. The summed E-state index contributed by atoms with van der Waals surface area (Å²) in [6.07, 6.45) is 2.54. The van der Waals surface area contributed by atoms with Crippen LogP contribution in [0.1, 0.15) is 47.7 Å². The van der Waals surface area contributed by atoms with E-state index in [2.05, 4.69) is 32.3 Å². The second-order valence-electron chi connectivity index (χ2n) is 6.64. The zero-order valence-electron chi connectivity index (χ0n) is 15.5. The summed E-state index contributed by atoms with van der Waals surface area (Å²) in [6.45, 7) is 9.70. The maximum absolute atomic E-state index is 11.6. The van der Waals surface area contributed by atoms with E-state index in [4.69, 9.17) is 4.74 Å². The summed E-state index contributed by atoms with van der Waals surface area (Å²) in [6, 6.07) is 3.31. The minimum absolute atomic E-state index is 0.202. The number of hydrogen-bond acceptors (Lipinski definition) is 8. The van der Waals surface area contributed by atoms with Gasteiger partial charge in [0.05, 0.1) is 12.3 Å². The van der Waals surface area contributed by atoms with Crippen molar-refractivity contribution in [3.63, 3.8) is 0 Å². The fourth-order valence-corrected chi connectivity index (χ4v) is 3.89. The van der Waals surface area contributed by atoms with Crippen molar-refractivity contribution < 1.29 is 9.53 Å². The Morgan fingerprint density at radius 1 is 1.35 bits per heavy atom. The van der Waals surface area contributed by atoms with E-state index in [9.17, 15) is 4.79 Å². The van der Waals surface area contributed by atoms with E-state index in [1.807, 2.05) is 6.92 Å². The number of likely N-dealkylation sites (tertiary alicyclic amines) is 1. The molecule has 3 heterocycles. The molecule has 2 aromatic rings. The van der Waals surface area contributed by atoms with E-state index in [-0.39, 0.29) is 5.69 Å². The summed E-state index contributed by atoms with van der Waals surface area (Å²) < 4.78 is 4.91. The molecule has 0 spiro atoms. The summed E-state index contributed by atoms with van der Waals surface area (Å²) in [5, 5.41) is 11.9. The monoisotopic (exact) mass is 375 g/mol. The number of aryl methyl sites for hydroxylation is 1. The van der Waals surface area contributed by atoms with Crippen molar-refractivity contribution in [2.45, 2.75) is 40.2 Å². The summed E-state index contributed by atoms with van der Waals surface area (Å²) in [5.74, 6) is 0.933. The van der Waals surface area contributed by atoms with Crippen molar-refractivity contribution in [2.24, 2.45) is 5.92 Å². The number of ether oxygens (including phenoxy) is 1. The first-order valence-corrected chi connectivity index (χ1v) is 9.83. The summed E-state index contributed by atoms with van der Waals surface area (Å²) in [5.41, 5.74) is 1.25. The number of anilines is 2. The summed E-state index contributed by atoms with van der Waals surface area (Å²) >= 11 is 1.64. The van der Waals surface area contributed by atoms with E-state index >= 15 is 0 Å². The number of esters is 1. The molecule has 0 unspecified atom stereocenters. The Bertz CT molecular complexity index is 739. The standard InChI is InChI=1S/C18H25N5O2S/c1-4-25-17(24)14-5-6-16(22-21-14)20-18-19-13(3)15(26-18)11-23-9-7-12(2)8-10-23/h5-6,12H,4,7-11H2,1-3H3,(H,19,20,22). The van der Waals surface area contributed by atoms with Crippen LogP contribution in [0.2, 0.25) is 0 Å². The molecule has 0 atom stereocenters. The number of thiazole rings is 1. The maximum Gasteiger partial charge on any atom is 0.358 e. The molecule has 8 heteroatoms. The van der Waals surface area contributed by atoms with Crippen LogP contribution in [0.3, 0.4) is 0 Å². The zero-order valence-corrected chi connectivity index (χ0v) is 16.3. The predicted octanol–water partition coefficient (Wildman–Crippen LogP) is 3.39. The number of hydrogen-bond donors (Lipinski definition) is 1. The van der Waals surface area contributed by atoms with Crippen LogP contribution < -0.4 is 5.32 Å². The SMILES string of the molecule is CCOC(=O)c1ccc(Nc2nc(C)c(CN3CCC(C)CC3)s2)nn1. The number of piperidine rings is 1. The first kappa shape index (κ1) is 18.7. The van der Waals surface area contributed by atoms with E-state index in [1.165, 1.54) is 17.7 Å². The van der Waals surface area contributed by atoms with Crippen LogP contribution in [0.5, 0.6) is 0 Å². The lowest BCUT2D eigenvalue weighted by Gasteiger charge is -2.29. The molecule has 1 aliphatic heterocycles. The lowest BCUT2D eigenvalue weighted by molar-refractivity contribution is 0.0518. The van der Waals surface area contributed by atoms with Gasteiger partial charge in [-0.05, 0) is 57.8 Å². The fourth-order valence-electron chi connectivity index (χ4n) is 2.87. The van der Waals surface area contributed by atoms with Gasteiger partial charge in [-0.1, -0.05) is 6.92 Å². The number of carbonyl (C=O) groups is 1. The van der Waals surface area contributed by atoms with Gasteiger partial charge in [0.25, 0.3) is 0 Å². The quantitative estimate of drug-likeness (QED) is 0.775. The van der Waals surface area contributed by atoms with Crippen LogP contribution in [0.25, 0.3) is 0 Å². The number of aromatic nitrogens is 3. The molecule has 0 aliphatic carbocycles. The number of rotatable bonds is 6. The molecule has 0 radical (unpaired) electrons. The molecule has 7 nitrogen and oxygen atoms in total. The Morgan fingerprint density at radius 2 is 2.12 bits per heavy atom. The van der Waals surface area contributed by atoms with Gasteiger partial charge in [0.1, 0.15) is 0 Å². The molecule has 1 N–H and O–H groups in total. The smallest absolute Gasteiger partial charge is 0.358 e. The lowest BCUT2D eigenvalue weighted by atomic mass is 9.99. The molecule has 1 saturated heterocycles. The van der Waals surface area contributed by atoms with Crippen molar-refractivity contribution in [1.29, 1.82) is 0 Å². The Balaban J connectivity index is 1.61. The van der Waals surface area contributed by atoms with Gasteiger partial charge in [-0.2, -0.15) is 0 Å². The molecule has 0 aromatic carbocycles. The second-order valence-corrected chi connectivity index (χ2v) is 7.72. The molecule has 1 aliphatic rings. The third kappa shape index (κ3) is 4.76. The average Bonchev–Trinajstić information content (AvgIpc) is 2.97. The number of carbonyl (C=O) groups excluding carboxylic acids is 1. The van der Waals surface area contributed by atoms with Crippen LogP contribution in [0.4, 0.5) is 10.9 Å². The third-order valence-electron chi connectivity index (χ3n) is 4.52. The highest BCUT2D eigenvalue weighted by molar-refractivity contribution is 7.15. The van der Waals surface area contributed by atoms with Gasteiger partial charge in [-0.15, -0.1) is 21.5 Å². The molecule has 140 valence electrons. The highest BCUT2D eigenvalue weighted by Gasteiger charge is 2.18. The van der Waals surface area contributed by atoms with E-state index in [1.54, 1.807) is 30.4 Å². The third-order valence-corrected chi connectivity index (χ3v) is 5.58. The van der Waals surface area contributed by atoms with Gasteiger partial charge in [-0.3, -0.25) is 4.90 Å². The maximum atomic E-state index is 11.6. The minimum atomic E-state index is -0.463. The number of nitrogens with zero attached hydrogens (tertiary/aromatic N) is 4. The van der Waals surface area contributed by atoms with Crippen LogP contribution in [0, 0.1) is 12.8 Å². The molecule has 0 bridgehead atoms. The van der Waals surface area contributed by atoms with Crippen LogP contribution in [-0.4, -0.2) is 45.7 Å². The van der Waals surface area contributed by atoms with Crippen LogP contribution in [0.15, 0.2) is 12.1 Å². The van der Waals surface area contributed by atoms with Crippen molar-refractivity contribution in [1.82, 2.24) is 20.1 Å². The predicted molar refractivity (Wildman–Crippen MR) is 102 cm³/mol. The Labute approximate surface area is 157 Å².